The fraction of sp³-hybridized carbons (Fsp3) is 0.0714. The van der Waals surface area contributed by atoms with Crippen molar-refractivity contribution in [1.82, 2.24) is 0 Å². The molecule has 1 N–H and O–H groups in total. The molecule has 0 radical (unpaired) electrons. The zero-order valence-corrected chi connectivity index (χ0v) is 12.5. The van der Waals surface area contributed by atoms with E-state index in [1.807, 2.05) is 36.6 Å². The lowest BCUT2D eigenvalue weighted by molar-refractivity contribution is 0.624. The fourth-order valence-corrected chi connectivity index (χ4v) is 2.61. The van der Waals surface area contributed by atoms with Crippen molar-refractivity contribution in [3.05, 3.63) is 52.3 Å². The summed E-state index contributed by atoms with van der Waals surface area (Å²) in [4.78, 5) is 1.03. The van der Waals surface area contributed by atoms with Crippen LogP contribution in [0.4, 0.5) is 15.8 Å². The highest BCUT2D eigenvalue weighted by molar-refractivity contribution is 9.10. The van der Waals surface area contributed by atoms with Gasteiger partial charge < -0.3 is 5.32 Å². The zero-order chi connectivity index (χ0) is 13.8. The van der Waals surface area contributed by atoms with Crippen molar-refractivity contribution in [3.8, 4) is 6.07 Å². The molecule has 0 atom stereocenters. The van der Waals surface area contributed by atoms with E-state index >= 15 is 0 Å². The number of para-hydroxylation sites is 1. The number of benzene rings is 2. The molecule has 0 aromatic heterocycles. The average Bonchev–Trinajstić information content (AvgIpc) is 2.45. The van der Waals surface area contributed by atoms with Gasteiger partial charge in [0, 0.05) is 4.90 Å². The number of nitrogens with zero attached hydrogens (tertiary/aromatic N) is 1. The van der Waals surface area contributed by atoms with Crippen molar-refractivity contribution < 1.29 is 4.39 Å². The highest BCUT2D eigenvalue weighted by Crippen LogP contribution is 2.32. The van der Waals surface area contributed by atoms with Crippen LogP contribution in [0.5, 0.6) is 0 Å². The molecule has 0 aliphatic heterocycles. The van der Waals surface area contributed by atoms with Crippen LogP contribution in [0.2, 0.25) is 0 Å². The van der Waals surface area contributed by atoms with Crippen molar-refractivity contribution in [1.29, 1.82) is 5.26 Å². The van der Waals surface area contributed by atoms with Gasteiger partial charge in [-0.2, -0.15) is 5.26 Å². The molecule has 2 nitrogen and oxygen atoms in total. The Bertz CT molecular complexity index is 652. The number of thioether (sulfide) groups is 1. The van der Waals surface area contributed by atoms with Crippen LogP contribution < -0.4 is 5.32 Å². The lowest BCUT2D eigenvalue weighted by Gasteiger charge is -2.12. The van der Waals surface area contributed by atoms with Crippen LogP contribution in [-0.2, 0) is 0 Å². The standard InChI is InChI=1S/C14H10BrFN2S/c1-19-12-5-3-2-4-10(12)18-11-7-6-9(8-17)13(15)14(11)16/h2-7,18H,1H3. The summed E-state index contributed by atoms with van der Waals surface area (Å²) < 4.78 is 14.3. The molecular weight excluding hydrogens is 327 g/mol. The van der Waals surface area contributed by atoms with Gasteiger partial charge in [-0.25, -0.2) is 4.39 Å². The van der Waals surface area contributed by atoms with Crippen LogP contribution in [0.1, 0.15) is 5.56 Å². The zero-order valence-electron chi connectivity index (χ0n) is 10.1. The molecule has 0 unspecified atom stereocenters. The van der Waals surface area contributed by atoms with Crippen LogP contribution in [0.15, 0.2) is 45.8 Å². The summed E-state index contributed by atoms with van der Waals surface area (Å²) in [5.74, 6) is -0.463. The molecule has 19 heavy (non-hydrogen) atoms. The quantitative estimate of drug-likeness (QED) is 0.807. The van der Waals surface area contributed by atoms with Gasteiger partial charge in [0.25, 0.3) is 0 Å². The van der Waals surface area contributed by atoms with E-state index in [1.54, 1.807) is 23.9 Å². The molecule has 96 valence electrons. The first-order valence-corrected chi connectivity index (χ1v) is 7.47. The molecule has 2 aromatic carbocycles. The Morgan fingerprint density at radius 2 is 1.95 bits per heavy atom. The van der Waals surface area contributed by atoms with Crippen molar-refractivity contribution in [2.75, 3.05) is 11.6 Å². The molecule has 0 heterocycles. The van der Waals surface area contributed by atoms with Crippen molar-refractivity contribution in [2.45, 2.75) is 4.90 Å². The minimum atomic E-state index is -0.463. The molecule has 0 amide bonds. The molecule has 2 aromatic rings. The summed E-state index contributed by atoms with van der Waals surface area (Å²) >= 11 is 4.68. The lowest BCUT2D eigenvalue weighted by atomic mass is 10.2. The average molecular weight is 337 g/mol. The predicted octanol–water partition coefficient (Wildman–Crippen LogP) is 4.93. The van der Waals surface area contributed by atoms with E-state index in [4.69, 9.17) is 5.26 Å². The van der Waals surface area contributed by atoms with Gasteiger partial charge in [0.05, 0.1) is 21.4 Å². The summed E-state index contributed by atoms with van der Waals surface area (Å²) in [6.45, 7) is 0. The van der Waals surface area contributed by atoms with Gasteiger partial charge in [-0.3, -0.25) is 0 Å². The third-order valence-corrected chi connectivity index (χ3v) is 4.15. The minimum Gasteiger partial charge on any atom is -0.352 e. The largest absolute Gasteiger partial charge is 0.352 e. The van der Waals surface area contributed by atoms with Gasteiger partial charge in [-0.15, -0.1) is 11.8 Å². The number of hydrogen-bond acceptors (Lipinski definition) is 3. The Balaban J connectivity index is 2.40. The smallest absolute Gasteiger partial charge is 0.162 e. The number of hydrogen-bond donors (Lipinski definition) is 1. The van der Waals surface area contributed by atoms with Crippen LogP contribution in [0.3, 0.4) is 0 Å². The molecule has 2 rings (SSSR count). The minimum absolute atomic E-state index is 0.182. The molecule has 0 aliphatic carbocycles. The fourth-order valence-electron chi connectivity index (χ4n) is 1.63. The van der Waals surface area contributed by atoms with E-state index in [2.05, 4.69) is 21.2 Å². The molecule has 0 bridgehead atoms. The normalized spacial score (nSPS) is 10.0. The molecule has 0 saturated heterocycles. The van der Waals surface area contributed by atoms with Gasteiger partial charge in [0.2, 0.25) is 0 Å². The lowest BCUT2D eigenvalue weighted by Crippen LogP contribution is -1.97. The summed E-state index contributed by atoms with van der Waals surface area (Å²) in [6.07, 6.45) is 1.96. The second kappa shape index (κ2) is 6.09. The second-order valence-electron chi connectivity index (χ2n) is 3.73. The molecule has 5 heteroatoms. The Kier molecular flexibility index (Phi) is 4.46. The Labute approximate surface area is 123 Å². The Morgan fingerprint density at radius 3 is 2.63 bits per heavy atom. The number of nitriles is 1. The maximum atomic E-state index is 14.1. The predicted molar refractivity (Wildman–Crippen MR) is 80.3 cm³/mol. The number of halogens is 2. The van der Waals surface area contributed by atoms with Crippen LogP contribution in [-0.4, -0.2) is 6.26 Å². The first-order valence-electron chi connectivity index (χ1n) is 5.45. The third kappa shape index (κ3) is 2.91. The van der Waals surface area contributed by atoms with Crippen LogP contribution >= 0.6 is 27.7 Å². The van der Waals surface area contributed by atoms with Crippen LogP contribution in [0.25, 0.3) is 0 Å². The van der Waals surface area contributed by atoms with Gasteiger partial charge >= 0.3 is 0 Å². The molecule has 0 aliphatic rings. The van der Waals surface area contributed by atoms with Gasteiger partial charge in [-0.05, 0) is 46.5 Å². The van der Waals surface area contributed by atoms with Crippen molar-refractivity contribution >= 4 is 39.1 Å². The summed E-state index contributed by atoms with van der Waals surface area (Å²) in [5.41, 5.74) is 1.46. The maximum Gasteiger partial charge on any atom is 0.162 e. The van der Waals surface area contributed by atoms with Crippen molar-refractivity contribution in [2.24, 2.45) is 0 Å². The maximum absolute atomic E-state index is 14.1. The monoisotopic (exact) mass is 336 g/mol. The van der Waals surface area contributed by atoms with E-state index in [1.165, 1.54) is 0 Å². The SMILES string of the molecule is CSc1ccccc1Nc1ccc(C#N)c(Br)c1F. The first-order chi connectivity index (χ1) is 9.17. The number of nitrogens with one attached hydrogen (secondary N) is 1. The second-order valence-corrected chi connectivity index (χ2v) is 5.37. The third-order valence-electron chi connectivity index (χ3n) is 2.58. The summed E-state index contributed by atoms with van der Waals surface area (Å²) in [6, 6.07) is 12.7. The highest BCUT2D eigenvalue weighted by atomic mass is 79.9. The van der Waals surface area contributed by atoms with E-state index in [0.29, 0.717) is 5.69 Å². The highest BCUT2D eigenvalue weighted by Gasteiger charge is 2.12. The number of rotatable bonds is 3. The topological polar surface area (TPSA) is 35.8 Å². The molecular formula is C14H10BrFN2S. The van der Waals surface area contributed by atoms with Gasteiger partial charge in [0.1, 0.15) is 6.07 Å². The van der Waals surface area contributed by atoms with Gasteiger partial charge in [-0.1, -0.05) is 12.1 Å². The number of anilines is 2. The Hall–Kier alpha value is -1.51. The van der Waals surface area contributed by atoms with E-state index in [9.17, 15) is 4.39 Å². The van der Waals surface area contributed by atoms with Crippen molar-refractivity contribution in [3.63, 3.8) is 0 Å². The molecule has 0 fully saturated rings. The van der Waals surface area contributed by atoms with E-state index in [0.717, 1.165) is 10.6 Å². The van der Waals surface area contributed by atoms with E-state index < -0.39 is 5.82 Å². The van der Waals surface area contributed by atoms with E-state index in [-0.39, 0.29) is 10.0 Å². The summed E-state index contributed by atoms with van der Waals surface area (Å²) in [7, 11) is 0. The molecule has 0 spiro atoms. The van der Waals surface area contributed by atoms with Gasteiger partial charge in [0.15, 0.2) is 5.82 Å². The molecule has 0 saturated carbocycles. The summed E-state index contributed by atoms with van der Waals surface area (Å²) in [5, 5.41) is 11.9. The Morgan fingerprint density at radius 1 is 1.21 bits per heavy atom. The van der Waals surface area contributed by atoms with Crippen LogP contribution in [0, 0.1) is 17.1 Å². The first kappa shape index (κ1) is 13.9.